The van der Waals surface area contributed by atoms with E-state index < -0.39 is 0 Å². The molecule has 1 heteroatoms. The van der Waals surface area contributed by atoms with Crippen molar-refractivity contribution in [3.05, 3.63) is 0 Å². The van der Waals surface area contributed by atoms with Gasteiger partial charge in [0, 0.05) is 5.54 Å². The minimum atomic E-state index is 0.0439. The van der Waals surface area contributed by atoms with Gasteiger partial charge in [-0.1, -0.05) is 72.1 Å². The Kier molecular flexibility index (Phi) is 9.02. The molecule has 0 aliphatic rings. The SMILES string of the molecule is CCCCCCCCCCC(C)(N)C(C)C. The van der Waals surface area contributed by atoms with Crippen LogP contribution in [0.15, 0.2) is 0 Å². The van der Waals surface area contributed by atoms with Gasteiger partial charge in [-0.15, -0.1) is 0 Å². The van der Waals surface area contributed by atoms with Crippen molar-refractivity contribution in [3.63, 3.8) is 0 Å². The summed E-state index contributed by atoms with van der Waals surface area (Å²) < 4.78 is 0. The van der Waals surface area contributed by atoms with E-state index in [0.717, 1.165) is 0 Å². The van der Waals surface area contributed by atoms with Crippen LogP contribution in [0.4, 0.5) is 0 Å². The molecule has 0 aromatic carbocycles. The first kappa shape index (κ1) is 16.0. The molecule has 0 aliphatic heterocycles. The molecule has 0 aromatic rings. The van der Waals surface area contributed by atoms with Gasteiger partial charge in [0.15, 0.2) is 0 Å². The van der Waals surface area contributed by atoms with Crippen molar-refractivity contribution >= 4 is 0 Å². The zero-order chi connectivity index (χ0) is 12.4. The van der Waals surface area contributed by atoms with Crippen LogP contribution >= 0.6 is 0 Å². The van der Waals surface area contributed by atoms with Gasteiger partial charge in [-0.2, -0.15) is 0 Å². The Morgan fingerprint density at radius 1 is 0.875 bits per heavy atom. The summed E-state index contributed by atoms with van der Waals surface area (Å²) in [4.78, 5) is 0. The van der Waals surface area contributed by atoms with Gasteiger partial charge in [-0.05, 0) is 19.3 Å². The lowest BCUT2D eigenvalue weighted by Gasteiger charge is -2.29. The Labute approximate surface area is 103 Å². The average Bonchev–Trinajstić information content (AvgIpc) is 2.21. The van der Waals surface area contributed by atoms with Crippen LogP contribution in [-0.4, -0.2) is 5.54 Å². The van der Waals surface area contributed by atoms with Gasteiger partial charge >= 0.3 is 0 Å². The molecular weight excluding hydrogens is 194 g/mol. The van der Waals surface area contributed by atoms with E-state index in [2.05, 4.69) is 27.7 Å². The second-order valence-electron chi connectivity index (χ2n) is 5.89. The molecule has 0 saturated heterocycles. The summed E-state index contributed by atoms with van der Waals surface area (Å²) in [5.74, 6) is 0.594. The summed E-state index contributed by atoms with van der Waals surface area (Å²) in [5, 5.41) is 0. The van der Waals surface area contributed by atoms with Crippen LogP contribution in [-0.2, 0) is 0 Å². The van der Waals surface area contributed by atoms with Crippen molar-refractivity contribution in [2.24, 2.45) is 11.7 Å². The molecule has 0 amide bonds. The summed E-state index contributed by atoms with van der Waals surface area (Å²) in [5.41, 5.74) is 6.28. The minimum Gasteiger partial charge on any atom is -0.325 e. The third kappa shape index (κ3) is 8.15. The molecule has 0 aromatic heterocycles. The second-order valence-corrected chi connectivity index (χ2v) is 5.89. The Balaban J connectivity index is 3.27. The molecule has 0 rings (SSSR count). The number of unbranched alkanes of at least 4 members (excludes halogenated alkanes) is 7. The highest BCUT2D eigenvalue weighted by molar-refractivity contribution is 4.81. The van der Waals surface area contributed by atoms with Gasteiger partial charge in [0.2, 0.25) is 0 Å². The lowest BCUT2D eigenvalue weighted by atomic mass is 9.84. The Bertz CT molecular complexity index is 150. The molecule has 1 unspecified atom stereocenters. The average molecular weight is 227 g/mol. The Morgan fingerprint density at radius 3 is 1.75 bits per heavy atom. The molecule has 2 N–H and O–H groups in total. The monoisotopic (exact) mass is 227 g/mol. The van der Waals surface area contributed by atoms with E-state index >= 15 is 0 Å². The van der Waals surface area contributed by atoms with Gasteiger partial charge in [0.25, 0.3) is 0 Å². The van der Waals surface area contributed by atoms with Crippen LogP contribution < -0.4 is 5.73 Å². The van der Waals surface area contributed by atoms with Crippen LogP contribution in [0.3, 0.4) is 0 Å². The standard InChI is InChI=1S/C15H33N/c1-5-6-7-8-9-10-11-12-13-15(4,16)14(2)3/h14H,5-13,16H2,1-4H3. The van der Waals surface area contributed by atoms with Gasteiger partial charge in [-0.25, -0.2) is 0 Å². The zero-order valence-electron chi connectivity index (χ0n) is 12.0. The van der Waals surface area contributed by atoms with E-state index in [-0.39, 0.29) is 5.54 Å². The first-order valence-electron chi connectivity index (χ1n) is 7.29. The predicted molar refractivity (Wildman–Crippen MR) is 74.7 cm³/mol. The third-order valence-corrected chi connectivity index (χ3v) is 3.89. The normalized spacial score (nSPS) is 15.4. The molecular formula is C15H33N. The molecule has 0 saturated carbocycles. The summed E-state index contributed by atoms with van der Waals surface area (Å²) in [6.45, 7) is 8.92. The maximum absolute atomic E-state index is 6.24. The van der Waals surface area contributed by atoms with Crippen molar-refractivity contribution < 1.29 is 0 Å². The number of hydrogen-bond donors (Lipinski definition) is 1. The molecule has 0 radical (unpaired) electrons. The molecule has 0 aliphatic carbocycles. The molecule has 1 atom stereocenters. The number of rotatable bonds is 10. The summed E-state index contributed by atoms with van der Waals surface area (Å²) in [7, 11) is 0. The maximum atomic E-state index is 6.24. The van der Waals surface area contributed by atoms with E-state index in [0.29, 0.717) is 5.92 Å². The van der Waals surface area contributed by atoms with Gasteiger partial charge in [0.1, 0.15) is 0 Å². The number of nitrogens with two attached hydrogens (primary N) is 1. The minimum absolute atomic E-state index is 0.0439. The zero-order valence-corrected chi connectivity index (χ0v) is 12.0. The van der Waals surface area contributed by atoms with Gasteiger partial charge < -0.3 is 5.73 Å². The van der Waals surface area contributed by atoms with E-state index in [4.69, 9.17) is 5.73 Å². The highest BCUT2D eigenvalue weighted by atomic mass is 14.7. The van der Waals surface area contributed by atoms with E-state index in [9.17, 15) is 0 Å². The first-order chi connectivity index (χ1) is 7.50. The van der Waals surface area contributed by atoms with Crippen LogP contribution in [0.5, 0.6) is 0 Å². The quantitative estimate of drug-likeness (QED) is 0.528. The van der Waals surface area contributed by atoms with Crippen LogP contribution in [0, 0.1) is 5.92 Å². The first-order valence-corrected chi connectivity index (χ1v) is 7.29. The van der Waals surface area contributed by atoms with Crippen LogP contribution in [0.1, 0.15) is 85.5 Å². The molecule has 16 heavy (non-hydrogen) atoms. The van der Waals surface area contributed by atoms with Gasteiger partial charge in [0.05, 0.1) is 0 Å². The summed E-state index contributed by atoms with van der Waals surface area (Å²) >= 11 is 0. The van der Waals surface area contributed by atoms with Crippen LogP contribution in [0.25, 0.3) is 0 Å². The fraction of sp³-hybridized carbons (Fsp3) is 1.00. The lowest BCUT2D eigenvalue weighted by molar-refractivity contribution is 0.305. The van der Waals surface area contributed by atoms with E-state index in [1.165, 1.54) is 57.8 Å². The second kappa shape index (κ2) is 9.04. The molecule has 1 nitrogen and oxygen atoms in total. The van der Waals surface area contributed by atoms with Crippen molar-refractivity contribution in [2.75, 3.05) is 0 Å². The summed E-state index contributed by atoms with van der Waals surface area (Å²) in [6, 6.07) is 0. The third-order valence-electron chi connectivity index (χ3n) is 3.89. The van der Waals surface area contributed by atoms with Crippen LogP contribution in [0.2, 0.25) is 0 Å². The fourth-order valence-electron chi connectivity index (χ4n) is 1.93. The molecule has 98 valence electrons. The topological polar surface area (TPSA) is 26.0 Å². The molecule has 0 spiro atoms. The predicted octanol–water partition coefficient (Wildman–Crippen LogP) is 4.89. The number of hydrogen-bond acceptors (Lipinski definition) is 1. The van der Waals surface area contributed by atoms with Gasteiger partial charge in [-0.3, -0.25) is 0 Å². The molecule has 0 heterocycles. The molecule has 0 bridgehead atoms. The molecule has 0 fully saturated rings. The Morgan fingerprint density at radius 2 is 1.31 bits per heavy atom. The van der Waals surface area contributed by atoms with Crippen molar-refractivity contribution in [3.8, 4) is 0 Å². The fourth-order valence-corrected chi connectivity index (χ4v) is 1.93. The largest absolute Gasteiger partial charge is 0.325 e. The lowest BCUT2D eigenvalue weighted by Crippen LogP contribution is -2.41. The van der Waals surface area contributed by atoms with E-state index in [1.54, 1.807) is 0 Å². The smallest absolute Gasteiger partial charge is 0.0149 e. The van der Waals surface area contributed by atoms with Crippen molar-refractivity contribution in [1.82, 2.24) is 0 Å². The summed E-state index contributed by atoms with van der Waals surface area (Å²) in [6.07, 6.45) is 12.3. The highest BCUT2D eigenvalue weighted by Crippen LogP contribution is 2.21. The highest BCUT2D eigenvalue weighted by Gasteiger charge is 2.21. The van der Waals surface area contributed by atoms with Crippen molar-refractivity contribution in [1.29, 1.82) is 0 Å². The maximum Gasteiger partial charge on any atom is 0.0149 e. The Hall–Kier alpha value is -0.0400. The van der Waals surface area contributed by atoms with E-state index in [1.807, 2.05) is 0 Å². The van der Waals surface area contributed by atoms with Crippen molar-refractivity contribution in [2.45, 2.75) is 91.0 Å².